The van der Waals surface area contributed by atoms with E-state index in [1.54, 1.807) is 6.08 Å². The third-order valence-electron chi connectivity index (χ3n) is 2.89. The molecule has 0 aliphatic heterocycles. The number of nitrogens with one attached hydrogen (secondary N) is 1. The molecule has 1 aromatic heterocycles. The molecular weight excluding hydrogens is 222 g/mol. The smallest absolute Gasteiger partial charge is 0.117 e. The Morgan fingerprint density at radius 2 is 1.94 bits per heavy atom. The van der Waals surface area contributed by atoms with Crippen LogP contribution in [0.25, 0.3) is 0 Å². The van der Waals surface area contributed by atoms with Gasteiger partial charge in [-0.1, -0.05) is 12.2 Å². The third kappa shape index (κ3) is 2.76. The topological polar surface area (TPSA) is 85.9 Å². The van der Waals surface area contributed by atoms with Gasteiger partial charge in [-0.05, 0) is 19.1 Å². The van der Waals surface area contributed by atoms with Crippen molar-refractivity contribution in [1.82, 2.24) is 5.32 Å². The molecule has 0 spiro atoms. The molecule has 4 atom stereocenters. The second-order valence-corrected chi connectivity index (χ2v) is 4.28. The van der Waals surface area contributed by atoms with Crippen LogP contribution in [-0.4, -0.2) is 39.7 Å². The zero-order valence-electron chi connectivity index (χ0n) is 9.58. The molecule has 0 saturated carbocycles. The van der Waals surface area contributed by atoms with Gasteiger partial charge in [0.05, 0.1) is 12.6 Å². The average Bonchev–Trinajstić information content (AvgIpc) is 2.71. The molecular formula is C12H17NO4. The van der Waals surface area contributed by atoms with E-state index in [0.29, 0.717) is 6.54 Å². The van der Waals surface area contributed by atoms with Crippen molar-refractivity contribution in [2.45, 2.75) is 37.8 Å². The van der Waals surface area contributed by atoms with Crippen molar-refractivity contribution < 1.29 is 19.7 Å². The fourth-order valence-corrected chi connectivity index (χ4v) is 1.86. The highest BCUT2D eigenvalue weighted by atomic mass is 16.4. The first-order valence-electron chi connectivity index (χ1n) is 5.59. The molecule has 0 fully saturated rings. The highest BCUT2D eigenvalue weighted by Crippen LogP contribution is 2.14. The Labute approximate surface area is 99.4 Å². The zero-order chi connectivity index (χ0) is 12.4. The minimum absolute atomic E-state index is 0.390. The van der Waals surface area contributed by atoms with Crippen molar-refractivity contribution >= 4 is 0 Å². The number of hydrogen-bond donors (Lipinski definition) is 4. The van der Waals surface area contributed by atoms with Gasteiger partial charge in [0.25, 0.3) is 0 Å². The molecule has 0 saturated heterocycles. The second kappa shape index (κ2) is 5.01. The summed E-state index contributed by atoms with van der Waals surface area (Å²) in [6.45, 7) is 2.32. The lowest BCUT2D eigenvalue weighted by Crippen LogP contribution is -2.51. The first-order chi connectivity index (χ1) is 8.08. The van der Waals surface area contributed by atoms with Crippen LogP contribution in [0.5, 0.6) is 0 Å². The Kier molecular flexibility index (Phi) is 3.63. The van der Waals surface area contributed by atoms with Gasteiger partial charge in [0.15, 0.2) is 0 Å². The third-order valence-corrected chi connectivity index (χ3v) is 2.89. The van der Waals surface area contributed by atoms with Crippen molar-refractivity contribution in [3.8, 4) is 0 Å². The maximum atomic E-state index is 9.74. The number of hydrogen-bond acceptors (Lipinski definition) is 5. The molecule has 5 nitrogen and oxygen atoms in total. The van der Waals surface area contributed by atoms with E-state index in [1.165, 1.54) is 6.08 Å². The fraction of sp³-hybridized carbons (Fsp3) is 0.500. The fourth-order valence-electron chi connectivity index (χ4n) is 1.86. The highest BCUT2D eigenvalue weighted by Gasteiger charge is 2.32. The average molecular weight is 239 g/mol. The molecule has 94 valence electrons. The summed E-state index contributed by atoms with van der Waals surface area (Å²) in [5.41, 5.74) is 0. The van der Waals surface area contributed by atoms with Crippen LogP contribution in [0.3, 0.4) is 0 Å². The van der Waals surface area contributed by atoms with Crippen molar-refractivity contribution in [1.29, 1.82) is 0 Å². The number of aliphatic hydroxyl groups is 3. The summed E-state index contributed by atoms with van der Waals surface area (Å²) in [4.78, 5) is 0. The number of aliphatic hydroxyl groups excluding tert-OH is 3. The van der Waals surface area contributed by atoms with Gasteiger partial charge in [-0.3, -0.25) is 0 Å². The lowest BCUT2D eigenvalue weighted by atomic mass is 9.94. The molecule has 0 amide bonds. The Morgan fingerprint density at radius 1 is 1.18 bits per heavy atom. The Morgan fingerprint density at radius 3 is 2.59 bits per heavy atom. The Bertz CT molecular complexity index is 401. The van der Waals surface area contributed by atoms with Crippen molar-refractivity contribution in [2.75, 3.05) is 0 Å². The van der Waals surface area contributed by atoms with Gasteiger partial charge >= 0.3 is 0 Å². The minimum Gasteiger partial charge on any atom is -0.465 e. The lowest BCUT2D eigenvalue weighted by molar-refractivity contribution is -0.0568. The van der Waals surface area contributed by atoms with E-state index < -0.39 is 18.3 Å². The molecule has 17 heavy (non-hydrogen) atoms. The molecule has 1 aliphatic carbocycles. The molecule has 0 radical (unpaired) electrons. The van der Waals surface area contributed by atoms with Crippen LogP contribution in [-0.2, 0) is 6.54 Å². The van der Waals surface area contributed by atoms with Crippen molar-refractivity contribution in [3.63, 3.8) is 0 Å². The van der Waals surface area contributed by atoms with Gasteiger partial charge in [0.2, 0.25) is 0 Å². The normalized spacial score (nSPS) is 32.9. The van der Waals surface area contributed by atoms with Crippen LogP contribution >= 0.6 is 0 Å². The molecule has 0 aromatic carbocycles. The van der Waals surface area contributed by atoms with Gasteiger partial charge in [-0.15, -0.1) is 0 Å². The van der Waals surface area contributed by atoms with Gasteiger partial charge in [0.1, 0.15) is 29.8 Å². The van der Waals surface area contributed by atoms with Crippen LogP contribution in [0.4, 0.5) is 0 Å². The summed E-state index contributed by atoms with van der Waals surface area (Å²) >= 11 is 0. The molecule has 0 bridgehead atoms. The maximum absolute atomic E-state index is 9.74. The van der Waals surface area contributed by atoms with Crippen LogP contribution in [0.1, 0.15) is 11.5 Å². The summed E-state index contributed by atoms with van der Waals surface area (Å²) in [5.74, 6) is 1.60. The summed E-state index contributed by atoms with van der Waals surface area (Å²) in [6.07, 6.45) is -0.0592. The first kappa shape index (κ1) is 12.3. The second-order valence-electron chi connectivity index (χ2n) is 4.28. The predicted octanol–water partition coefficient (Wildman–Crippen LogP) is -0.301. The van der Waals surface area contributed by atoms with E-state index in [2.05, 4.69) is 5.32 Å². The molecule has 4 N–H and O–H groups in total. The van der Waals surface area contributed by atoms with Gasteiger partial charge in [0, 0.05) is 0 Å². The van der Waals surface area contributed by atoms with E-state index in [9.17, 15) is 15.3 Å². The van der Waals surface area contributed by atoms with Crippen molar-refractivity contribution in [3.05, 3.63) is 35.8 Å². The first-order valence-corrected chi connectivity index (χ1v) is 5.59. The largest absolute Gasteiger partial charge is 0.465 e. The Hall–Kier alpha value is -1.14. The molecule has 1 heterocycles. The van der Waals surface area contributed by atoms with Crippen LogP contribution in [0, 0.1) is 6.92 Å². The highest BCUT2D eigenvalue weighted by molar-refractivity contribution is 5.12. The summed E-state index contributed by atoms with van der Waals surface area (Å²) < 4.78 is 5.38. The van der Waals surface area contributed by atoms with E-state index in [1.807, 2.05) is 19.1 Å². The van der Waals surface area contributed by atoms with E-state index in [4.69, 9.17) is 4.42 Å². The van der Waals surface area contributed by atoms with Gasteiger partial charge < -0.3 is 25.1 Å². The summed E-state index contributed by atoms with van der Waals surface area (Å²) in [7, 11) is 0. The predicted molar refractivity (Wildman–Crippen MR) is 61.2 cm³/mol. The SMILES string of the molecule is Cc1ccc(CN[C@H]2C=C[C@@H](O)[C@@H](O)[C@@H]2O)o1. The molecule has 0 unspecified atom stereocenters. The quantitative estimate of drug-likeness (QED) is 0.544. The molecule has 2 rings (SSSR count). The number of furan rings is 1. The lowest BCUT2D eigenvalue weighted by Gasteiger charge is -2.31. The Balaban J connectivity index is 1.93. The number of aryl methyl sites for hydroxylation is 1. The van der Waals surface area contributed by atoms with E-state index in [-0.39, 0.29) is 6.04 Å². The van der Waals surface area contributed by atoms with Gasteiger partial charge in [-0.2, -0.15) is 0 Å². The zero-order valence-corrected chi connectivity index (χ0v) is 9.58. The van der Waals surface area contributed by atoms with Crippen LogP contribution < -0.4 is 5.32 Å². The van der Waals surface area contributed by atoms with Gasteiger partial charge in [-0.25, -0.2) is 0 Å². The summed E-state index contributed by atoms with van der Waals surface area (Å²) in [5, 5.41) is 31.6. The minimum atomic E-state index is -1.16. The summed E-state index contributed by atoms with van der Waals surface area (Å²) in [6, 6.07) is 3.33. The molecule has 1 aromatic rings. The van der Waals surface area contributed by atoms with E-state index >= 15 is 0 Å². The molecule has 1 aliphatic rings. The molecule has 5 heteroatoms. The van der Waals surface area contributed by atoms with Crippen LogP contribution in [0.15, 0.2) is 28.7 Å². The number of rotatable bonds is 3. The van der Waals surface area contributed by atoms with E-state index in [0.717, 1.165) is 11.5 Å². The standard InChI is InChI=1S/C12H17NO4/c1-7-2-3-8(17-7)6-13-9-4-5-10(14)12(16)11(9)15/h2-5,9-16H,6H2,1H3/t9-,10+,11+,12+/m0/s1. The van der Waals surface area contributed by atoms with Crippen molar-refractivity contribution in [2.24, 2.45) is 0 Å². The maximum Gasteiger partial charge on any atom is 0.117 e. The van der Waals surface area contributed by atoms with Crippen LogP contribution in [0.2, 0.25) is 0 Å². The monoisotopic (exact) mass is 239 g/mol.